The molecule has 0 spiro atoms. The Bertz CT molecular complexity index is 124. The molecule has 0 aromatic carbocycles. The van der Waals surface area contributed by atoms with Crippen molar-refractivity contribution >= 4 is 5.78 Å². The molecular formula is C6H8F2O. The predicted octanol–water partition coefficient (Wildman–Crippen LogP) is 1.79. The molecule has 3 heteroatoms. The van der Waals surface area contributed by atoms with E-state index >= 15 is 0 Å². The molecule has 0 aromatic heterocycles. The van der Waals surface area contributed by atoms with E-state index in [1.807, 2.05) is 0 Å². The summed E-state index contributed by atoms with van der Waals surface area (Å²) in [6.45, 7) is 3.74. The third kappa shape index (κ3) is 2.95. The van der Waals surface area contributed by atoms with Crippen molar-refractivity contribution in [3.05, 3.63) is 12.7 Å². The van der Waals surface area contributed by atoms with Crippen molar-refractivity contribution in [2.45, 2.75) is 19.3 Å². The Morgan fingerprint density at radius 1 is 1.78 bits per heavy atom. The highest BCUT2D eigenvalue weighted by Gasteiger charge is 2.29. The summed E-state index contributed by atoms with van der Waals surface area (Å²) >= 11 is 0. The lowest BCUT2D eigenvalue weighted by Gasteiger charge is -2.04. The zero-order valence-electron chi connectivity index (χ0n) is 5.16. The van der Waals surface area contributed by atoms with Crippen LogP contribution >= 0.6 is 0 Å². The smallest absolute Gasteiger partial charge is 0.293 e. The van der Waals surface area contributed by atoms with Gasteiger partial charge in [-0.1, -0.05) is 6.08 Å². The minimum Gasteiger partial charge on any atom is -0.293 e. The zero-order valence-corrected chi connectivity index (χ0v) is 5.16. The average Bonchev–Trinajstić information content (AvgIpc) is 1.64. The van der Waals surface area contributed by atoms with Crippen molar-refractivity contribution in [2.75, 3.05) is 0 Å². The highest BCUT2D eigenvalue weighted by Crippen LogP contribution is 2.14. The zero-order chi connectivity index (χ0) is 7.49. The normalized spacial score (nSPS) is 11.0. The van der Waals surface area contributed by atoms with Crippen LogP contribution in [0.3, 0.4) is 0 Å². The lowest BCUT2D eigenvalue weighted by molar-refractivity contribution is -0.139. The maximum Gasteiger partial charge on any atom is 0.302 e. The summed E-state index contributed by atoms with van der Waals surface area (Å²) in [5.41, 5.74) is 0. The van der Waals surface area contributed by atoms with Gasteiger partial charge in [0, 0.05) is 13.3 Å². The quantitative estimate of drug-likeness (QED) is 0.538. The molecule has 0 heterocycles. The molecule has 0 aliphatic carbocycles. The summed E-state index contributed by atoms with van der Waals surface area (Å²) in [5, 5.41) is 0. The van der Waals surface area contributed by atoms with Crippen molar-refractivity contribution in [1.29, 1.82) is 0 Å². The maximum atomic E-state index is 11.9. The summed E-state index contributed by atoms with van der Waals surface area (Å²) in [6, 6.07) is 0. The highest BCUT2D eigenvalue weighted by atomic mass is 19.3. The second-order valence-corrected chi connectivity index (χ2v) is 1.80. The van der Waals surface area contributed by atoms with E-state index in [0.29, 0.717) is 6.92 Å². The van der Waals surface area contributed by atoms with Gasteiger partial charge < -0.3 is 0 Å². The molecule has 0 radical (unpaired) electrons. The molecule has 0 aromatic rings. The summed E-state index contributed by atoms with van der Waals surface area (Å²) < 4.78 is 23.8. The molecule has 0 aliphatic heterocycles. The van der Waals surface area contributed by atoms with Crippen LogP contribution in [0.5, 0.6) is 0 Å². The van der Waals surface area contributed by atoms with Crippen LogP contribution in [0.15, 0.2) is 12.7 Å². The van der Waals surface area contributed by atoms with Gasteiger partial charge in [-0.05, 0) is 0 Å². The van der Waals surface area contributed by atoms with Gasteiger partial charge in [-0.15, -0.1) is 6.58 Å². The molecule has 0 saturated carbocycles. The molecule has 0 N–H and O–H groups in total. The van der Waals surface area contributed by atoms with Crippen LogP contribution in [-0.2, 0) is 4.79 Å². The van der Waals surface area contributed by atoms with Gasteiger partial charge in [0.15, 0.2) is 0 Å². The van der Waals surface area contributed by atoms with Gasteiger partial charge in [0.05, 0.1) is 0 Å². The number of ketones is 1. The molecular weight excluding hydrogens is 126 g/mol. The molecule has 0 unspecified atom stereocenters. The number of carbonyl (C=O) groups excluding carboxylic acids is 1. The Morgan fingerprint density at radius 3 is 2.33 bits per heavy atom. The first-order valence-corrected chi connectivity index (χ1v) is 2.50. The summed E-state index contributed by atoms with van der Waals surface area (Å²) in [4.78, 5) is 10.2. The largest absolute Gasteiger partial charge is 0.302 e. The van der Waals surface area contributed by atoms with Gasteiger partial charge in [0.1, 0.15) is 0 Å². The van der Waals surface area contributed by atoms with Gasteiger partial charge in [-0.3, -0.25) is 4.79 Å². The fraction of sp³-hybridized carbons (Fsp3) is 0.500. The second-order valence-electron chi connectivity index (χ2n) is 1.80. The van der Waals surface area contributed by atoms with Crippen molar-refractivity contribution in [3.8, 4) is 0 Å². The van der Waals surface area contributed by atoms with E-state index in [1.54, 1.807) is 0 Å². The first kappa shape index (κ1) is 8.27. The van der Waals surface area contributed by atoms with Gasteiger partial charge in [0.25, 0.3) is 0 Å². The van der Waals surface area contributed by atoms with Crippen molar-refractivity contribution in [3.63, 3.8) is 0 Å². The van der Waals surface area contributed by atoms with Gasteiger partial charge in [-0.25, -0.2) is 0 Å². The van der Waals surface area contributed by atoms with E-state index in [9.17, 15) is 13.6 Å². The first-order valence-electron chi connectivity index (χ1n) is 2.50. The van der Waals surface area contributed by atoms with Crippen LogP contribution in [0.2, 0.25) is 0 Å². The van der Waals surface area contributed by atoms with E-state index in [1.165, 1.54) is 6.08 Å². The van der Waals surface area contributed by atoms with E-state index in [0.717, 1.165) is 0 Å². The fourth-order valence-electron chi connectivity index (χ4n) is 0.310. The lowest BCUT2D eigenvalue weighted by atomic mass is 10.2. The maximum absolute atomic E-state index is 11.9. The molecule has 9 heavy (non-hydrogen) atoms. The number of rotatable bonds is 3. The molecule has 0 bridgehead atoms. The van der Waals surface area contributed by atoms with Crippen LogP contribution in [0.4, 0.5) is 8.78 Å². The molecule has 52 valence electrons. The van der Waals surface area contributed by atoms with Gasteiger partial charge in [0.2, 0.25) is 5.78 Å². The number of carbonyl (C=O) groups is 1. The molecule has 0 fully saturated rings. The highest BCUT2D eigenvalue weighted by molar-refractivity contribution is 5.86. The van der Waals surface area contributed by atoms with Crippen molar-refractivity contribution in [1.82, 2.24) is 0 Å². The SMILES string of the molecule is C=CCC(=O)C(C)(F)F. The number of halogens is 2. The predicted molar refractivity (Wildman–Crippen MR) is 30.4 cm³/mol. The number of hydrogen-bond acceptors (Lipinski definition) is 1. The molecule has 0 atom stereocenters. The van der Waals surface area contributed by atoms with Crippen LogP contribution in [-0.4, -0.2) is 11.7 Å². The van der Waals surface area contributed by atoms with Crippen LogP contribution in [0, 0.1) is 0 Å². The van der Waals surface area contributed by atoms with Crippen LogP contribution < -0.4 is 0 Å². The van der Waals surface area contributed by atoms with E-state index < -0.39 is 11.7 Å². The number of hydrogen-bond donors (Lipinski definition) is 0. The second kappa shape index (κ2) is 2.71. The van der Waals surface area contributed by atoms with Gasteiger partial charge in [-0.2, -0.15) is 8.78 Å². The molecule has 1 nitrogen and oxygen atoms in total. The average molecular weight is 134 g/mol. The minimum absolute atomic E-state index is 0.260. The van der Waals surface area contributed by atoms with E-state index in [2.05, 4.69) is 6.58 Å². The molecule has 0 amide bonds. The lowest BCUT2D eigenvalue weighted by Crippen LogP contribution is -2.23. The Hall–Kier alpha value is -0.730. The standard InChI is InChI=1S/C6H8F2O/c1-3-4-5(9)6(2,7)8/h3H,1,4H2,2H3. The minimum atomic E-state index is -3.20. The fourth-order valence-corrected chi connectivity index (χ4v) is 0.310. The summed E-state index contributed by atoms with van der Waals surface area (Å²) in [6.07, 6.45) is 0.906. The Balaban J connectivity index is 3.88. The molecule has 0 saturated heterocycles. The number of alkyl halides is 2. The summed E-state index contributed by atoms with van der Waals surface area (Å²) in [5.74, 6) is -4.29. The summed E-state index contributed by atoms with van der Waals surface area (Å²) in [7, 11) is 0. The third-order valence-corrected chi connectivity index (χ3v) is 0.819. The molecule has 0 rings (SSSR count). The first-order chi connectivity index (χ1) is 3.98. The van der Waals surface area contributed by atoms with Gasteiger partial charge >= 0.3 is 5.92 Å². The monoisotopic (exact) mass is 134 g/mol. The van der Waals surface area contributed by atoms with Crippen molar-refractivity contribution < 1.29 is 13.6 Å². The third-order valence-electron chi connectivity index (χ3n) is 0.819. The van der Waals surface area contributed by atoms with Crippen LogP contribution in [0.1, 0.15) is 13.3 Å². The van der Waals surface area contributed by atoms with Crippen LogP contribution in [0.25, 0.3) is 0 Å². The van der Waals surface area contributed by atoms with E-state index in [-0.39, 0.29) is 6.42 Å². The topological polar surface area (TPSA) is 17.1 Å². The molecule has 0 aliphatic rings. The Labute approximate surface area is 52.4 Å². The van der Waals surface area contributed by atoms with Crippen molar-refractivity contribution in [2.24, 2.45) is 0 Å². The Kier molecular flexibility index (Phi) is 2.49. The Morgan fingerprint density at radius 2 is 2.22 bits per heavy atom. The number of allylic oxidation sites excluding steroid dienone is 1. The number of Topliss-reactive ketones (excluding diaryl/α,β-unsaturated/α-hetero) is 1. The van der Waals surface area contributed by atoms with E-state index in [4.69, 9.17) is 0 Å².